The maximum Gasteiger partial charge on any atom is 0.338 e. The lowest BCUT2D eigenvalue weighted by atomic mass is 10.1. The van der Waals surface area contributed by atoms with Crippen molar-refractivity contribution in [3.63, 3.8) is 0 Å². The van der Waals surface area contributed by atoms with E-state index in [2.05, 4.69) is 14.8 Å². The normalized spacial score (nSPS) is 9.96. The number of esters is 3. The minimum Gasteiger partial charge on any atom is -0.465 e. The van der Waals surface area contributed by atoms with Crippen LogP contribution in [0.25, 0.3) is 0 Å². The Kier molecular flexibility index (Phi) is 7.11. The molecule has 0 bridgehead atoms. The van der Waals surface area contributed by atoms with E-state index in [0.29, 0.717) is 5.02 Å². The monoisotopic (exact) mass is 405 g/mol. The maximum absolute atomic E-state index is 12.1. The number of nitrogens with one attached hydrogen (secondary N) is 1. The van der Waals surface area contributed by atoms with E-state index in [9.17, 15) is 19.2 Å². The highest BCUT2D eigenvalue weighted by Gasteiger charge is 2.16. The Balaban J connectivity index is 2.09. The summed E-state index contributed by atoms with van der Waals surface area (Å²) in [5.74, 6) is -2.80. The number of carbonyl (C=O) groups excluding carboxylic acids is 4. The van der Waals surface area contributed by atoms with Gasteiger partial charge in [0, 0.05) is 10.7 Å². The van der Waals surface area contributed by atoms with E-state index >= 15 is 0 Å². The Labute approximate surface area is 165 Å². The van der Waals surface area contributed by atoms with Gasteiger partial charge in [-0.3, -0.25) is 4.79 Å². The summed E-state index contributed by atoms with van der Waals surface area (Å²) in [5, 5.41) is 2.80. The molecule has 2 aromatic rings. The fourth-order valence-electron chi connectivity index (χ4n) is 2.20. The molecule has 2 rings (SSSR count). The Morgan fingerprint density at radius 2 is 1.46 bits per heavy atom. The molecule has 0 heterocycles. The second-order valence-corrected chi connectivity index (χ2v) is 5.85. The number of anilines is 1. The van der Waals surface area contributed by atoms with Crippen molar-refractivity contribution < 1.29 is 33.4 Å². The molecule has 0 aliphatic rings. The lowest BCUT2D eigenvalue weighted by Gasteiger charge is -2.10. The smallest absolute Gasteiger partial charge is 0.338 e. The zero-order chi connectivity index (χ0) is 20.7. The molecule has 0 fully saturated rings. The molecule has 146 valence electrons. The van der Waals surface area contributed by atoms with Crippen molar-refractivity contribution in [1.29, 1.82) is 0 Å². The molecule has 0 aliphatic heterocycles. The first-order chi connectivity index (χ1) is 13.3. The van der Waals surface area contributed by atoms with Crippen LogP contribution in [0.2, 0.25) is 5.02 Å². The summed E-state index contributed by atoms with van der Waals surface area (Å²) in [6.07, 6.45) is 0. The van der Waals surface area contributed by atoms with Gasteiger partial charge in [-0.25, -0.2) is 14.4 Å². The molecule has 1 amide bonds. The lowest BCUT2D eigenvalue weighted by molar-refractivity contribution is -0.119. The number of amides is 1. The van der Waals surface area contributed by atoms with E-state index in [1.807, 2.05) is 0 Å². The van der Waals surface area contributed by atoms with Gasteiger partial charge in [0.1, 0.15) is 0 Å². The molecule has 0 saturated heterocycles. The van der Waals surface area contributed by atoms with Crippen LogP contribution in [-0.2, 0) is 19.0 Å². The summed E-state index contributed by atoms with van der Waals surface area (Å²) in [6, 6.07) is 9.97. The number of benzene rings is 2. The standard InChI is InChI=1S/C19H16ClNO7/c1-26-17(23)12-6-13(18(24)27-2)9-15(8-12)21-16(22)10-28-19(25)11-4-3-5-14(20)7-11/h3-9H,10H2,1-2H3,(H,21,22). The largest absolute Gasteiger partial charge is 0.465 e. The Hall–Kier alpha value is -3.39. The molecule has 28 heavy (non-hydrogen) atoms. The molecule has 0 radical (unpaired) electrons. The minimum absolute atomic E-state index is 0.0385. The van der Waals surface area contributed by atoms with Crippen LogP contribution in [0.5, 0.6) is 0 Å². The van der Waals surface area contributed by atoms with Gasteiger partial charge in [-0.15, -0.1) is 0 Å². The van der Waals surface area contributed by atoms with Gasteiger partial charge < -0.3 is 19.5 Å². The van der Waals surface area contributed by atoms with Gasteiger partial charge in [0.05, 0.1) is 30.9 Å². The van der Waals surface area contributed by atoms with Crippen molar-refractivity contribution in [2.45, 2.75) is 0 Å². The molecule has 0 spiro atoms. The first-order valence-corrected chi connectivity index (χ1v) is 8.26. The lowest BCUT2D eigenvalue weighted by Crippen LogP contribution is -2.21. The second-order valence-electron chi connectivity index (χ2n) is 5.42. The molecule has 0 atom stereocenters. The SMILES string of the molecule is COC(=O)c1cc(NC(=O)COC(=O)c2cccc(Cl)c2)cc(C(=O)OC)c1. The average Bonchev–Trinajstić information content (AvgIpc) is 2.70. The van der Waals surface area contributed by atoms with E-state index in [-0.39, 0.29) is 22.4 Å². The van der Waals surface area contributed by atoms with Crippen molar-refractivity contribution in [2.24, 2.45) is 0 Å². The maximum atomic E-state index is 12.1. The van der Waals surface area contributed by atoms with Crippen LogP contribution in [-0.4, -0.2) is 44.6 Å². The highest BCUT2D eigenvalue weighted by Crippen LogP contribution is 2.17. The van der Waals surface area contributed by atoms with Crippen LogP contribution in [0.4, 0.5) is 5.69 Å². The van der Waals surface area contributed by atoms with Gasteiger partial charge >= 0.3 is 17.9 Å². The Morgan fingerprint density at radius 3 is 2.00 bits per heavy atom. The van der Waals surface area contributed by atoms with E-state index in [0.717, 1.165) is 0 Å². The number of methoxy groups -OCH3 is 2. The number of hydrogen-bond acceptors (Lipinski definition) is 7. The molecular formula is C19H16ClNO7. The highest BCUT2D eigenvalue weighted by atomic mass is 35.5. The van der Waals surface area contributed by atoms with Gasteiger partial charge in [0.25, 0.3) is 5.91 Å². The van der Waals surface area contributed by atoms with E-state index in [4.69, 9.17) is 16.3 Å². The summed E-state index contributed by atoms with van der Waals surface area (Å²) in [6.45, 7) is -0.582. The number of hydrogen-bond donors (Lipinski definition) is 1. The van der Waals surface area contributed by atoms with Crippen molar-refractivity contribution in [2.75, 3.05) is 26.1 Å². The van der Waals surface area contributed by atoms with Crippen LogP contribution in [0.15, 0.2) is 42.5 Å². The van der Waals surface area contributed by atoms with Gasteiger partial charge in [-0.1, -0.05) is 17.7 Å². The minimum atomic E-state index is -0.726. The number of ether oxygens (including phenoxy) is 3. The van der Waals surface area contributed by atoms with Crippen LogP contribution in [0.1, 0.15) is 31.1 Å². The molecule has 0 unspecified atom stereocenters. The average molecular weight is 406 g/mol. The van der Waals surface area contributed by atoms with Crippen molar-refractivity contribution in [3.05, 3.63) is 64.2 Å². The van der Waals surface area contributed by atoms with Gasteiger partial charge in [-0.05, 0) is 36.4 Å². The predicted molar refractivity (Wildman–Crippen MR) is 99.5 cm³/mol. The molecule has 0 aliphatic carbocycles. The first-order valence-electron chi connectivity index (χ1n) is 7.88. The third-order valence-electron chi connectivity index (χ3n) is 3.45. The third kappa shape index (κ3) is 5.55. The summed E-state index contributed by atoms with van der Waals surface area (Å²) in [4.78, 5) is 47.5. The predicted octanol–water partition coefficient (Wildman–Crippen LogP) is 2.71. The molecular weight excluding hydrogens is 390 g/mol. The summed E-state index contributed by atoms with van der Waals surface area (Å²) in [7, 11) is 2.36. The fourth-order valence-corrected chi connectivity index (χ4v) is 2.39. The Morgan fingerprint density at radius 1 is 0.857 bits per heavy atom. The summed E-state index contributed by atoms with van der Waals surface area (Å²) >= 11 is 5.80. The quantitative estimate of drug-likeness (QED) is 0.581. The van der Waals surface area contributed by atoms with Crippen molar-refractivity contribution in [3.8, 4) is 0 Å². The topological polar surface area (TPSA) is 108 Å². The first kappa shape index (κ1) is 20.9. The van der Waals surface area contributed by atoms with Crippen LogP contribution in [0.3, 0.4) is 0 Å². The number of halogens is 1. The fraction of sp³-hybridized carbons (Fsp3) is 0.158. The van der Waals surface area contributed by atoms with E-state index in [1.54, 1.807) is 12.1 Å². The summed E-state index contributed by atoms with van der Waals surface area (Å²) in [5.41, 5.74) is 0.404. The second kappa shape index (κ2) is 9.52. The van der Waals surface area contributed by atoms with E-state index < -0.39 is 30.4 Å². The molecule has 2 aromatic carbocycles. The molecule has 0 aromatic heterocycles. The van der Waals surface area contributed by atoms with Crippen LogP contribution >= 0.6 is 11.6 Å². The third-order valence-corrected chi connectivity index (χ3v) is 3.69. The highest BCUT2D eigenvalue weighted by molar-refractivity contribution is 6.30. The molecule has 9 heteroatoms. The number of carbonyl (C=O) groups is 4. The van der Waals surface area contributed by atoms with Gasteiger partial charge in [0.15, 0.2) is 6.61 Å². The van der Waals surface area contributed by atoms with Gasteiger partial charge in [-0.2, -0.15) is 0 Å². The van der Waals surface area contributed by atoms with Crippen LogP contribution < -0.4 is 5.32 Å². The zero-order valence-electron chi connectivity index (χ0n) is 15.0. The summed E-state index contributed by atoms with van der Waals surface area (Å²) < 4.78 is 14.2. The van der Waals surface area contributed by atoms with Gasteiger partial charge in [0.2, 0.25) is 0 Å². The Bertz CT molecular complexity index is 892. The number of rotatable bonds is 6. The van der Waals surface area contributed by atoms with Crippen molar-refractivity contribution in [1.82, 2.24) is 0 Å². The molecule has 8 nitrogen and oxygen atoms in total. The molecule has 1 N–H and O–H groups in total. The van der Waals surface area contributed by atoms with E-state index in [1.165, 1.54) is 44.6 Å². The van der Waals surface area contributed by atoms with Crippen LogP contribution in [0, 0.1) is 0 Å². The zero-order valence-corrected chi connectivity index (χ0v) is 15.7. The van der Waals surface area contributed by atoms with Crippen molar-refractivity contribution >= 4 is 41.1 Å². The molecule has 0 saturated carbocycles.